The highest BCUT2D eigenvalue weighted by Crippen LogP contribution is 2.40. The van der Waals surface area contributed by atoms with Crippen molar-refractivity contribution >= 4 is 54.5 Å². The van der Waals surface area contributed by atoms with Gasteiger partial charge in [-0.05, 0) is 111 Å². The average molecular weight is 1100 g/mol. The van der Waals surface area contributed by atoms with Crippen molar-refractivity contribution in [3.63, 3.8) is 0 Å². The maximum absolute atomic E-state index is 15.2. The van der Waals surface area contributed by atoms with Crippen molar-refractivity contribution in [2.45, 2.75) is 26.2 Å². The van der Waals surface area contributed by atoms with E-state index in [1.165, 1.54) is 59.8 Å². The minimum absolute atomic E-state index is 0.109. The fraction of sp³-hybridized carbons (Fsp3) is 0.185. The van der Waals surface area contributed by atoms with Gasteiger partial charge < -0.3 is 30.1 Å². The molecule has 0 fully saturated rings. The molecule has 0 bridgehead atoms. The number of hydrogen-bond donors (Lipinski definition) is 2. The van der Waals surface area contributed by atoms with Crippen LogP contribution in [0.2, 0.25) is 0 Å². The van der Waals surface area contributed by atoms with Crippen molar-refractivity contribution in [2.24, 2.45) is 0 Å². The molecule has 0 unspecified atom stereocenters. The van der Waals surface area contributed by atoms with E-state index in [4.69, 9.17) is 9.47 Å². The fourth-order valence-electron chi connectivity index (χ4n) is 8.94. The average Bonchev–Trinajstić information content (AvgIpc) is 4.15. The van der Waals surface area contributed by atoms with Gasteiger partial charge in [0.15, 0.2) is 11.6 Å². The molecule has 10 rings (SSSR count). The number of benzene rings is 4. The molecule has 0 saturated carbocycles. The smallest absolute Gasteiger partial charge is 0.338 e. The van der Waals surface area contributed by atoms with Gasteiger partial charge in [0.25, 0.3) is 11.1 Å². The SMILES string of the molecule is COc1ccc(-n2c(=O)c3c(CN(C)C)c(-c4ccc(NNc5ccc(-c6sc7c(c6CN(C)C)c(=O)n(-c6ccc(OC)nn6)c(=O)n7Cc6c(F)cccc6F)cc5)cc4)sc3n(Cc3c(F)cccc3F)c2=O)nn1. The predicted molar refractivity (Wildman–Crippen MR) is 291 cm³/mol. The Morgan fingerprint density at radius 3 is 1.15 bits per heavy atom. The van der Waals surface area contributed by atoms with E-state index in [0.29, 0.717) is 43.4 Å². The van der Waals surface area contributed by atoms with E-state index in [2.05, 4.69) is 31.2 Å². The Morgan fingerprint density at radius 1 is 0.487 bits per heavy atom. The molecule has 0 radical (unpaired) electrons. The predicted octanol–water partition coefficient (Wildman–Crippen LogP) is 7.89. The third-order valence-electron chi connectivity index (χ3n) is 12.6. The number of nitrogens with one attached hydrogen (secondary N) is 2. The highest BCUT2D eigenvalue weighted by Gasteiger charge is 2.28. The van der Waals surface area contributed by atoms with E-state index >= 15 is 17.6 Å². The quantitative estimate of drug-likeness (QED) is 0.0662. The molecule has 0 aliphatic heterocycles. The van der Waals surface area contributed by atoms with Gasteiger partial charge in [0.1, 0.15) is 32.9 Å². The van der Waals surface area contributed by atoms with Crippen LogP contribution in [0.5, 0.6) is 11.8 Å². The largest absolute Gasteiger partial charge is 0.480 e. The first kappa shape index (κ1) is 52.6. The van der Waals surface area contributed by atoms with Gasteiger partial charge >= 0.3 is 11.4 Å². The van der Waals surface area contributed by atoms with Crippen LogP contribution in [-0.4, -0.2) is 90.9 Å². The minimum Gasteiger partial charge on any atom is -0.480 e. The molecule has 0 spiro atoms. The van der Waals surface area contributed by atoms with Crippen molar-refractivity contribution in [3.8, 4) is 44.3 Å². The summed E-state index contributed by atoms with van der Waals surface area (Å²) in [4.78, 5) is 63.4. The molecule has 0 aliphatic carbocycles. The normalized spacial score (nSPS) is 11.6. The molecule has 24 heteroatoms. The first-order chi connectivity index (χ1) is 37.5. The number of hydrazine groups is 1. The highest BCUT2D eigenvalue weighted by atomic mass is 32.1. The Balaban J connectivity index is 0.988. The van der Waals surface area contributed by atoms with Gasteiger partial charge in [-0.15, -0.1) is 43.1 Å². The second kappa shape index (κ2) is 21.7. The van der Waals surface area contributed by atoms with Crippen molar-refractivity contribution in [3.05, 3.63) is 196 Å². The van der Waals surface area contributed by atoms with Crippen LogP contribution in [0.25, 0.3) is 53.0 Å². The van der Waals surface area contributed by atoms with Crippen LogP contribution in [0.3, 0.4) is 0 Å². The minimum atomic E-state index is -0.874. The van der Waals surface area contributed by atoms with Gasteiger partial charge in [0, 0.05) is 46.1 Å². The number of halogens is 4. The lowest BCUT2D eigenvalue weighted by Crippen LogP contribution is -2.39. The summed E-state index contributed by atoms with van der Waals surface area (Å²) < 4.78 is 75.2. The number of aromatic nitrogens is 8. The molecule has 398 valence electrons. The van der Waals surface area contributed by atoms with E-state index < -0.39 is 58.9 Å². The lowest BCUT2D eigenvalue weighted by molar-refractivity contribution is 0.391. The van der Waals surface area contributed by atoms with E-state index in [1.807, 2.05) is 86.5 Å². The Morgan fingerprint density at radius 2 is 0.846 bits per heavy atom. The van der Waals surface area contributed by atoms with Crippen molar-refractivity contribution in [1.29, 1.82) is 0 Å². The van der Waals surface area contributed by atoms with Gasteiger partial charge in [-0.1, -0.05) is 36.4 Å². The van der Waals surface area contributed by atoms with E-state index in [0.717, 1.165) is 56.1 Å². The summed E-state index contributed by atoms with van der Waals surface area (Å²) in [6.45, 7) is -0.545. The second-order valence-electron chi connectivity index (χ2n) is 18.3. The lowest BCUT2D eigenvalue weighted by Gasteiger charge is -2.15. The zero-order chi connectivity index (χ0) is 55.1. The maximum atomic E-state index is 15.2. The van der Waals surface area contributed by atoms with Crippen LogP contribution in [0.1, 0.15) is 22.3 Å². The van der Waals surface area contributed by atoms with Crippen LogP contribution in [0, 0.1) is 23.3 Å². The topological polar surface area (TPSA) is 189 Å². The number of thiophene rings is 2. The second-order valence-corrected chi connectivity index (χ2v) is 20.3. The lowest BCUT2D eigenvalue weighted by atomic mass is 10.1. The maximum Gasteiger partial charge on any atom is 0.338 e. The van der Waals surface area contributed by atoms with Gasteiger partial charge in [-0.3, -0.25) is 18.7 Å². The third-order valence-corrected chi connectivity index (χ3v) is 15.2. The van der Waals surface area contributed by atoms with Crippen molar-refractivity contribution in [2.75, 3.05) is 53.3 Å². The van der Waals surface area contributed by atoms with Crippen LogP contribution in [0.4, 0.5) is 28.9 Å². The Hall–Kier alpha value is -8.84. The molecular weight excluding hydrogens is 1050 g/mol. The molecule has 6 heterocycles. The molecule has 4 aromatic carbocycles. The van der Waals surface area contributed by atoms with E-state index in [9.17, 15) is 19.2 Å². The molecular formula is C54H46F4N12O6S2. The number of anilines is 2. The monoisotopic (exact) mass is 1100 g/mol. The number of fused-ring (bicyclic) bond motifs is 2. The van der Waals surface area contributed by atoms with Gasteiger partial charge in [0.05, 0.1) is 49.5 Å². The standard InChI is InChI=1S/C54H46F4N12O6S2/c1-65(2)25-35-45-49(71)69(41-21-23-43(75-5)63-61-41)53(73)67(27-33-37(55)9-7-10-38(33)56)51(45)77-47(35)29-13-17-31(18-14-29)59-60-32-19-15-30(16-20-32)48-36(26-66(3)4)46-50(72)70(42-22-24-44(76-6)64-62-42)54(74)68(52(46)78-48)28-34-39(57)11-8-12-40(34)58/h7-24,59-60H,25-28H2,1-6H3. The highest BCUT2D eigenvalue weighted by molar-refractivity contribution is 7.22. The zero-order valence-electron chi connectivity index (χ0n) is 42.5. The first-order valence-electron chi connectivity index (χ1n) is 23.8. The molecule has 78 heavy (non-hydrogen) atoms. The van der Waals surface area contributed by atoms with E-state index in [-0.39, 0.29) is 68.0 Å². The third kappa shape index (κ3) is 9.92. The molecule has 10 aromatic rings. The van der Waals surface area contributed by atoms with Crippen molar-refractivity contribution in [1.82, 2.24) is 48.5 Å². The molecule has 0 amide bonds. The number of ether oxygens (including phenoxy) is 2. The van der Waals surface area contributed by atoms with Crippen LogP contribution in [0.15, 0.2) is 128 Å². The Bertz CT molecular complexity index is 3850. The number of hydrogen-bond acceptors (Lipinski definition) is 16. The van der Waals surface area contributed by atoms with Crippen LogP contribution >= 0.6 is 22.7 Å². The summed E-state index contributed by atoms with van der Waals surface area (Å²) in [7, 11) is 10.1. The van der Waals surface area contributed by atoms with Crippen LogP contribution < -0.4 is 42.8 Å². The summed E-state index contributed by atoms with van der Waals surface area (Å²) in [6, 6.07) is 27.2. The van der Waals surface area contributed by atoms with Gasteiger partial charge in [-0.25, -0.2) is 36.3 Å². The fourth-order valence-corrected chi connectivity index (χ4v) is 11.5. The zero-order valence-corrected chi connectivity index (χ0v) is 44.1. The number of rotatable bonds is 17. The summed E-state index contributed by atoms with van der Waals surface area (Å²) in [5.41, 5.74) is 6.38. The molecule has 2 N–H and O–H groups in total. The molecule has 18 nitrogen and oxygen atoms in total. The Labute approximate surface area is 448 Å². The van der Waals surface area contributed by atoms with Crippen LogP contribution in [-0.2, 0) is 26.2 Å². The number of nitrogens with zero attached hydrogens (tertiary/aromatic N) is 10. The van der Waals surface area contributed by atoms with Gasteiger partial charge in [-0.2, -0.15) is 0 Å². The van der Waals surface area contributed by atoms with E-state index in [1.54, 1.807) is 0 Å². The number of methoxy groups -OCH3 is 2. The van der Waals surface area contributed by atoms with Crippen molar-refractivity contribution < 1.29 is 27.0 Å². The Kier molecular flexibility index (Phi) is 14.6. The summed E-state index contributed by atoms with van der Waals surface area (Å²) in [6.07, 6.45) is 0. The molecule has 0 aliphatic rings. The first-order valence-corrected chi connectivity index (χ1v) is 25.4. The summed E-state index contributed by atoms with van der Waals surface area (Å²) >= 11 is 2.30. The molecule has 6 aromatic heterocycles. The summed E-state index contributed by atoms with van der Waals surface area (Å²) in [5.74, 6) is -3.37. The molecule has 0 saturated heterocycles. The molecule has 0 atom stereocenters. The summed E-state index contributed by atoms with van der Waals surface area (Å²) in [5, 5.41) is 16.4. The van der Waals surface area contributed by atoms with Gasteiger partial charge in [0.2, 0.25) is 11.8 Å².